The molecule has 0 heterocycles. The van der Waals surface area contributed by atoms with Gasteiger partial charge in [0, 0.05) is 11.4 Å². The molecular formula is C13H20N2. The standard InChI is InChI=1S/C13H20N2/c14-12-6-7-13(15)11(9-12)8-10-4-2-1-3-5-10/h6-7,9-10H,1-5,8,14-15H2. The molecule has 0 spiro atoms. The van der Waals surface area contributed by atoms with Gasteiger partial charge in [-0.05, 0) is 36.1 Å². The summed E-state index contributed by atoms with van der Waals surface area (Å²) in [6, 6.07) is 5.83. The molecule has 2 rings (SSSR count). The number of hydrogen-bond acceptors (Lipinski definition) is 2. The Morgan fingerprint density at radius 2 is 1.80 bits per heavy atom. The van der Waals surface area contributed by atoms with Crippen molar-refractivity contribution in [3.8, 4) is 0 Å². The van der Waals surface area contributed by atoms with Crippen LogP contribution < -0.4 is 11.5 Å². The highest BCUT2D eigenvalue weighted by Crippen LogP contribution is 2.29. The second kappa shape index (κ2) is 4.56. The van der Waals surface area contributed by atoms with Crippen LogP contribution in [0.3, 0.4) is 0 Å². The summed E-state index contributed by atoms with van der Waals surface area (Å²) in [4.78, 5) is 0. The van der Waals surface area contributed by atoms with Crippen molar-refractivity contribution >= 4 is 11.4 Å². The Morgan fingerprint density at radius 1 is 1.07 bits per heavy atom. The SMILES string of the molecule is Nc1ccc(N)c(CC2CCCCC2)c1. The van der Waals surface area contributed by atoms with E-state index in [4.69, 9.17) is 11.5 Å². The molecule has 1 fully saturated rings. The molecule has 0 aliphatic heterocycles. The van der Waals surface area contributed by atoms with Crippen molar-refractivity contribution < 1.29 is 0 Å². The number of anilines is 2. The van der Waals surface area contributed by atoms with E-state index in [1.807, 2.05) is 18.2 Å². The van der Waals surface area contributed by atoms with Crippen molar-refractivity contribution in [2.45, 2.75) is 38.5 Å². The number of hydrogen-bond donors (Lipinski definition) is 2. The molecule has 0 aromatic heterocycles. The van der Waals surface area contributed by atoms with Crippen LogP contribution in [0.5, 0.6) is 0 Å². The summed E-state index contributed by atoms with van der Waals surface area (Å²) in [5.74, 6) is 0.822. The predicted molar refractivity (Wildman–Crippen MR) is 65.5 cm³/mol. The number of benzene rings is 1. The second-order valence-electron chi connectivity index (χ2n) is 4.67. The molecule has 0 radical (unpaired) electrons. The van der Waals surface area contributed by atoms with Crippen molar-refractivity contribution in [1.29, 1.82) is 0 Å². The summed E-state index contributed by atoms with van der Waals surface area (Å²) >= 11 is 0. The molecule has 2 nitrogen and oxygen atoms in total. The molecule has 15 heavy (non-hydrogen) atoms. The van der Waals surface area contributed by atoms with Crippen LogP contribution in [-0.4, -0.2) is 0 Å². The fraction of sp³-hybridized carbons (Fsp3) is 0.538. The first kappa shape index (κ1) is 10.3. The van der Waals surface area contributed by atoms with Gasteiger partial charge < -0.3 is 11.5 Å². The van der Waals surface area contributed by atoms with Gasteiger partial charge in [-0.2, -0.15) is 0 Å². The van der Waals surface area contributed by atoms with Crippen molar-refractivity contribution in [3.05, 3.63) is 23.8 Å². The molecule has 1 aliphatic carbocycles. The Hall–Kier alpha value is -1.18. The lowest BCUT2D eigenvalue weighted by molar-refractivity contribution is 0.357. The summed E-state index contributed by atoms with van der Waals surface area (Å²) in [7, 11) is 0. The average Bonchev–Trinajstić information content (AvgIpc) is 2.25. The quantitative estimate of drug-likeness (QED) is 0.728. The predicted octanol–water partition coefficient (Wildman–Crippen LogP) is 2.97. The monoisotopic (exact) mass is 204 g/mol. The van der Waals surface area contributed by atoms with E-state index in [0.29, 0.717) is 0 Å². The van der Waals surface area contributed by atoms with Gasteiger partial charge in [0.25, 0.3) is 0 Å². The Balaban J connectivity index is 2.05. The van der Waals surface area contributed by atoms with Crippen LogP contribution in [0.2, 0.25) is 0 Å². The van der Waals surface area contributed by atoms with Crippen molar-refractivity contribution in [2.75, 3.05) is 11.5 Å². The van der Waals surface area contributed by atoms with Gasteiger partial charge in [0.2, 0.25) is 0 Å². The summed E-state index contributed by atoms with van der Waals surface area (Å²) in [5, 5.41) is 0. The fourth-order valence-electron chi connectivity index (χ4n) is 2.50. The summed E-state index contributed by atoms with van der Waals surface area (Å²) < 4.78 is 0. The average molecular weight is 204 g/mol. The third kappa shape index (κ3) is 2.65. The minimum absolute atomic E-state index is 0.822. The number of rotatable bonds is 2. The van der Waals surface area contributed by atoms with E-state index in [0.717, 1.165) is 23.7 Å². The maximum atomic E-state index is 5.95. The highest BCUT2D eigenvalue weighted by atomic mass is 14.6. The fourth-order valence-corrected chi connectivity index (χ4v) is 2.50. The molecule has 1 aliphatic rings. The highest BCUT2D eigenvalue weighted by molar-refractivity contribution is 5.55. The van der Waals surface area contributed by atoms with Crippen LogP contribution in [0.1, 0.15) is 37.7 Å². The topological polar surface area (TPSA) is 52.0 Å². The minimum atomic E-state index is 0.822. The lowest BCUT2D eigenvalue weighted by Crippen LogP contribution is -2.10. The van der Waals surface area contributed by atoms with E-state index in [9.17, 15) is 0 Å². The second-order valence-corrected chi connectivity index (χ2v) is 4.67. The van der Waals surface area contributed by atoms with Gasteiger partial charge in [-0.15, -0.1) is 0 Å². The molecule has 2 heteroatoms. The van der Waals surface area contributed by atoms with Gasteiger partial charge in [0.15, 0.2) is 0 Å². The smallest absolute Gasteiger partial charge is 0.0348 e. The third-order valence-electron chi connectivity index (χ3n) is 3.40. The molecule has 0 bridgehead atoms. The Labute approximate surface area is 91.7 Å². The lowest BCUT2D eigenvalue weighted by Gasteiger charge is -2.22. The highest BCUT2D eigenvalue weighted by Gasteiger charge is 2.15. The Morgan fingerprint density at radius 3 is 2.53 bits per heavy atom. The Bertz CT molecular complexity index is 327. The minimum Gasteiger partial charge on any atom is -0.399 e. The zero-order chi connectivity index (χ0) is 10.7. The van der Waals surface area contributed by atoms with E-state index in [2.05, 4.69) is 0 Å². The van der Waals surface area contributed by atoms with Crippen LogP contribution >= 0.6 is 0 Å². The van der Waals surface area contributed by atoms with Gasteiger partial charge in [-0.3, -0.25) is 0 Å². The van der Waals surface area contributed by atoms with Crippen LogP contribution in [0.15, 0.2) is 18.2 Å². The van der Waals surface area contributed by atoms with Crippen molar-refractivity contribution in [1.82, 2.24) is 0 Å². The molecule has 4 N–H and O–H groups in total. The first-order valence-electron chi connectivity index (χ1n) is 5.89. The maximum Gasteiger partial charge on any atom is 0.0348 e. The van der Waals surface area contributed by atoms with E-state index >= 15 is 0 Å². The molecule has 1 saturated carbocycles. The normalized spacial score (nSPS) is 17.9. The van der Waals surface area contributed by atoms with Crippen LogP contribution in [0.4, 0.5) is 11.4 Å². The molecule has 1 aromatic carbocycles. The van der Waals surface area contributed by atoms with Gasteiger partial charge in [-0.25, -0.2) is 0 Å². The van der Waals surface area contributed by atoms with Crippen molar-refractivity contribution in [3.63, 3.8) is 0 Å². The number of nitrogens with two attached hydrogens (primary N) is 2. The van der Waals surface area contributed by atoms with E-state index in [-0.39, 0.29) is 0 Å². The lowest BCUT2D eigenvalue weighted by atomic mass is 9.84. The molecule has 0 saturated heterocycles. The van der Waals surface area contributed by atoms with Gasteiger partial charge in [0.1, 0.15) is 0 Å². The van der Waals surface area contributed by atoms with Crippen molar-refractivity contribution in [2.24, 2.45) is 5.92 Å². The zero-order valence-electron chi connectivity index (χ0n) is 9.21. The van der Waals surface area contributed by atoms with E-state index < -0.39 is 0 Å². The van der Waals surface area contributed by atoms with Crippen LogP contribution in [0.25, 0.3) is 0 Å². The largest absolute Gasteiger partial charge is 0.399 e. The molecule has 0 amide bonds. The van der Waals surface area contributed by atoms with Gasteiger partial charge >= 0.3 is 0 Å². The number of nitrogen functional groups attached to an aromatic ring is 2. The third-order valence-corrected chi connectivity index (χ3v) is 3.40. The van der Waals surface area contributed by atoms with E-state index in [1.54, 1.807) is 0 Å². The zero-order valence-corrected chi connectivity index (χ0v) is 9.21. The summed E-state index contributed by atoms with van der Waals surface area (Å²) in [5.41, 5.74) is 14.7. The first-order chi connectivity index (χ1) is 7.25. The van der Waals surface area contributed by atoms with Crippen LogP contribution in [0, 0.1) is 5.92 Å². The van der Waals surface area contributed by atoms with Gasteiger partial charge in [-0.1, -0.05) is 32.1 Å². The summed E-state index contributed by atoms with van der Waals surface area (Å²) in [6.45, 7) is 0. The van der Waals surface area contributed by atoms with Gasteiger partial charge in [0.05, 0.1) is 0 Å². The van der Waals surface area contributed by atoms with Crippen LogP contribution in [-0.2, 0) is 6.42 Å². The van der Waals surface area contributed by atoms with E-state index in [1.165, 1.54) is 37.7 Å². The Kier molecular flexibility index (Phi) is 3.14. The molecule has 0 unspecified atom stereocenters. The molecule has 1 aromatic rings. The summed E-state index contributed by atoms with van der Waals surface area (Å²) in [6.07, 6.45) is 7.99. The first-order valence-corrected chi connectivity index (χ1v) is 5.89. The maximum absolute atomic E-state index is 5.95. The molecule has 0 atom stereocenters. The molecular weight excluding hydrogens is 184 g/mol. The molecule has 82 valence electrons.